The number of amides is 1. The molecule has 0 aromatic carbocycles. The van der Waals surface area contributed by atoms with Crippen LogP contribution in [0.5, 0.6) is 0 Å². The average molecular weight is 357 g/mol. The van der Waals surface area contributed by atoms with Crippen molar-refractivity contribution < 1.29 is 22.7 Å². The summed E-state index contributed by atoms with van der Waals surface area (Å²) in [5, 5.41) is 3.05. The van der Waals surface area contributed by atoms with Gasteiger partial charge in [-0.1, -0.05) is 0 Å². The van der Waals surface area contributed by atoms with Crippen LogP contribution in [0.3, 0.4) is 0 Å². The fourth-order valence-corrected chi connectivity index (χ4v) is 3.38. The maximum atomic E-state index is 13.1. The van der Waals surface area contributed by atoms with Crippen LogP contribution in [0, 0.1) is 5.92 Å². The van der Waals surface area contributed by atoms with Gasteiger partial charge in [0.05, 0.1) is 5.56 Å². The molecule has 0 bridgehead atoms. The van der Waals surface area contributed by atoms with Crippen molar-refractivity contribution in [1.29, 1.82) is 0 Å². The van der Waals surface area contributed by atoms with Crippen molar-refractivity contribution in [2.24, 2.45) is 5.92 Å². The summed E-state index contributed by atoms with van der Waals surface area (Å²) in [6.07, 6.45) is -0.373. The lowest BCUT2D eigenvalue weighted by Gasteiger charge is -2.34. The van der Waals surface area contributed by atoms with Crippen LogP contribution in [0.1, 0.15) is 31.2 Å². The lowest BCUT2D eigenvalue weighted by molar-refractivity contribution is -0.137. The number of nitrogens with one attached hydrogen (secondary N) is 1. The second-order valence-corrected chi connectivity index (χ2v) is 6.53. The van der Waals surface area contributed by atoms with Crippen LogP contribution in [0.15, 0.2) is 18.3 Å². The highest BCUT2D eigenvalue weighted by atomic mass is 19.4. The molecule has 0 aliphatic carbocycles. The molecule has 8 heteroatoms. The lowest BCUT2D eigenvalue weighted by Crippen LogP contribution is -2.45. The van der Waals surface area contributed by atoms with Crippen molar-refractivity contribution in [3.63, 3.8) is 0 Å². The first-order valence-electron chi connectivity index (χ1n) is 8.60. The molecule has 138 valence electrons. The monoisotopic (exact) mass is 357 g/mol. The Morgan fingerprint density at radius 3 is 2.52 bits per heavy atom. The zero-order chi connectivity index (χ0) is 17.9. The molecule has 0 radical (unpaired) electrons. The van der Waals surface area contributed by atoms with Gasteiger partial charge < -0.3 is 15.0 Å². The minimum Gasteiger partial charge on any atom is -0.381 e. The topological polar surface area (TPSA) is 54.5 Å². The number of ether oxygens (including phenoxy) is 1. The highest BCUT2D eigenvalue weighted by molar-refractivity contribution is 5.79. The second kappa shape index (κ2) is 7.59. The van der Waals surface area contributed by atoms with Crippen LogP contribution in [-0.2, 0) is 15.7 Å². The summed E-state index contributed by atoms with van der Waals surface area (Å²) >= 11 is 0. The van der Waals surface area contributed by atoms with Crippen LogP contribution in [0.25, 0.3) is 0 Å². The molecular formula is C17H22F3N3O2. The third-order valence-electron chi connectivity index (χ3n) is 4.83. The number of nitrogens with zero attached hydrogens (tertiary/aromatic N) is 2. The van der Waals surface area contributed by atoms with Gasteiger partial charge in [-0.2, -0.15) is 13.2 Å². The molecule has 5 nitrogen and oxygen atoms in total. The fraction of sp³-hybridized carbons (Fsp3) is 0.647. The molecule has 2 saturated heterocycles. The largest absolute Gasteiger partial charge is 0.419 e. The van der Waals surface area contributed by atoms with E-state index in [-0.39, 0.29) is 23.7 Å². The van der Waals surface area contributed by atoms with Crippen LogP contribution >= 0.6 is 0 Å². The van der Waals surface area contributed by atoms with Crippen LogP contribution in [0.2, 0.25) is 0 Å². The van der Waals surface area contributed by atoms with Gasteiger partial charge in [0.25, 0.3) is 0 Å². The smallest absolute Gasteiger partial charge is 0.381 e. The molecule has 0 unspecified atom stereocenters. The molecule has 2 aliphatic rings. The summed E-state index contributed by atoms with van der Waals surface area (Å²) in [5.74, 6) is -0.195. The van der Waals surface area contributed by atoms with Gasteiger partial charge in [0.15, 0.2) is 0 Å². The van der Waals surface area contributed by atoms with Gasteiger partial charge in [0.2, 0.25) is 5.91 Å². The Kier molecular flexibility index (Phi) is 5.46. The summed E-state index contributed by atoms with van der Waals surface area (Å²) in [6, 6.07) is 2.49. The number of carbonyl (C=O) groups is 1. The predicted molar refractivity (Wildman–Crippen MR) is 86.2 cm³/mol. The Morgan fingerprint density at radius 1 is 1.20 bits per heavy atom. The van der Waals surface area contributed by atoms with E-state index in [4.69, 9.17) is 4.74 Å². The van der Waals surface area contributed by atoms with Gasteiger partial charge in [0, 0.05) is 44.5 Å². The molecule has 1 aromatic rings. The number of piperidine rings is 1. The molecular weight excluding hydrogens is 335 g/mol. The summed E-state index contributed by atoms with van der Waals surface area (Å²) in [7, 11) is 0. The quantitative estimate of drug-likeness (QED) is 0.904. The SMILES string of the molecule is O=C(NC1CCOCC1)C1CCN(c2ncccc2C(F)(F)F)CC1. The van der Waals surface area contributed by atoms with E-state index < -0.39 is 11.7 Å². The van der Waals surface area contributed by atoms with E-state index in [9.17, 15) is 18.0 Å². The molecule has 2 fully saturated rings. The van der Waals surface area contributed by atoms with Crippen molar-refractivity contribution in [2.45, 2.75) is 37.9 Å². The van der Waals surface area contributed by atoms with E-state index in [0.717, 1.165) is 18.9 Å². The van der Waals surface area contributed by atoms with E-state index in [0.29, 0.717) is 39.1 Å². The number of pyridine rings is 1. The molecule has 1 aromatic heterocycles. The fourth-order valence-electron chi connectivity index (χ4n) is 3.38. The van der Waals surface area contributed by atoms with Crippen molar-refractivity contribution in [2.75, 3.05) is 31.2 Å². The van der Waals surface area contributed by atoms with Crippen molar-refractivity contribution in [3.05, 3.63) is 23.9 Å². The third-order valence-corrected chi connectivity index (χ3v) is 4.83. The highest BCUT2D eigenvalue weighted by Crippen LogP contribution is 2.36. The third kappa shape index (κ3) is 4.42. The van der Waals surface area contributed by atoms with Crippen molar-refractivity contribution in [3.8, 4) is 0 Å². The van der Waals surface area contributed by atoms with E-state index in [2.05, 4.69) is 10.3 Å². The maximum absolute atomic E-state index is 13.1. The summed E-state index contributed by atoms with van der Waals surface area (Å²) in [4.78, 5) is 17.9. The normalized spacial score (nSPS) is 20.5. The van der Waals surface area contributed by atoms with Gasteiger partial charge in [-0.25, -0.2) is 4.98 Å². The number of hydrogen-bond donors (Lipinski definition) is 1. The molecule has 0 atom stereocenters. The van der Waals surface area contributed by atoms with Crippen LogP contribution in [-0.4, -0.2) is 43.2 Å². The van der Waals surface area contributed by atoms with E-state index in [1.54, 1.807) is 4.90 Å². The van der Waals surface area contributed by atoms with Crippen molar-refractivity contribution >= 4 is 11.7 Å². The first-order valence-corrected chi connectivity index (χ1v) is 8.60. The van der Waals surface area contributed by atoms with Gasteiger partial charge in [-0.3, -0.25) is 4.79 Å². The Balaban J connectivity index is 1.58. The van der Waals surface area contributed by atoms with Crippen LogP contribution < -0.4 is 10.2 Å². The zero-order valence-corrected chi connectivity index (χ0v) is 13.9. The van der Waals surface area contributed by atoms with Gasteiger partial charge in [-0.05, 0) is 37.8 Å². The number of hydrogen-bond acceptors (Lipinski definition) is 4. The zero-order valence-electron chi connectivity index (χ0n) is 13.9. The molecule has 25 heavy (non-hydrogen) atoms. The number of alkyl halides is 3. The molecule has 3 heterocycles. The van der Waals surface area contributed by atoms with Gasteiger partial charge in [0.1, 0.15) is 5.82 Å². The number of aromatic nitrogens is 1. The summed E-state index contributed by atoms with van der Waals surface area (Å²) in [5.41, 5.74) is -0.722. The molecule has 0 spiro atoms. The number of carbonyl (C=O) groups excluding carboxylic acids is 1. The standard InChI is InChI=1S/C17H22F3N3O2/c18-17(19,20)14-2-1-7-21-15(14)23-8-3-12(4-9-23)16(24)22-13-5-10-25-11-6-13/h1-2,7,12-13H,3-6,8-11H2,(H,22,24). The molecule has 0 saturated carbocycles. The number of anilines is 1. The Hall–Kier alpha value is -1.83. The van der Waals surface area contributed by atoms with Crippen LogP contribution in [0.4, 0.5) is 19.0 Å². The lowest BCUT2D eigenvalue weighted by atomic mass is 9.94. The van der Waals surface area contributed by atoms with Gasteiger partial charge >= 0.3 is 6.18 Å². The first kappa shape index (κ1) is 18.0. The average Bonchev–Trinajstić information content (AvgIpc) is 2.62. The summed E-state index contributed by atoms with van der Waals surface area (Å²) in [6.45, 7) is 2.10. The van der Waals surface area contributed by atoms with Gasteiger partial charge in [-0.15, -0.1) is 0 Å². The van der Waals surface area contributed by atoms with E-state index >= 15 is 0 Å². The molecule has 1 amide bonds. The minimum absolute atomic E-state index is 0.00335. The van der Waals surface area contributed by atoms with E-state index in [1.165, 1.54) is 12.3 Å². The highest BCUT2D eigenvalue weighted by Gasteiger charge is 2.37. The number of halogens is 3. The number of rotatable bonds is 3. The Bertz CT molecular complexity index is 595. The summed E-state index contributed by atoms with van der Waals surface area (Å²) < 4.78 is 44.7. The molecule has 2 aliphatic heterocycles. The first-order chi connectivity index (χ1) is 11.9. The molecule has 1 N–H and O–H groups in total. The second-order valence-electron chi connectivity index (χ2n) is 6.53. The van der Waals surface area contributed by atoms with E-state index in [1.807, 2.05) is 0 Å². The minimum atomic E-state index is -4.43. The Morgan fingerprint density at radius 2 is 1.88 bits per heavy atom. The molecule has 3 rings (SSSR count). The Labute approximate surface area is 144 Å². The predicted octanol–water partition coefficient (Wildman–Crippen LogP) is 2.61. The van der Waals surface area contributed by atoms with Crippen molar-refractivity contribution in [1.82, 2.24) is 10.3 Å². The maximum Gasteiger partial charge on any atom is 0.419 e.